The van der Waals surface area contributed by atoms with E-state index >= 15 is 0 Å². The van der Waals surface area contributed by atoms with Crippen LogP contribution in [0.5, 0.6) is 0 Å². The molecule has 0 saturated heterocycles. The molecule has 1 heteroatoms. The first-order valence-corrected chi connectivity index (χ1v) is 18.4. The van der Waals surface area contributed by atoms with Gasteiger partial charge in [-0.05, 0) is 124 Å². The molecule has 0 unspecified atom stereocenters. The molecule has 0 bridgehead atoms. The quantitative estimate of drug-likeness (QED) is 0.165. The molecule has 0 fully saturated rings. The second-order valence-electron chi connectivity index (χ2n) is 13.7. The number of fused-ring (bicyclic) bond motifs is 4. The first kappa shape index (κ1) is 28.5. The highest BCUT2D eigenvalue weighted by Gasteiger charge is 2.16. The maximum absolute atomic E-state index is 2.41. The van der Waals surface area contributed by atoms with Gasteiger partial charge in [-0.2, -0.15) is 0 Å². The Balaban J connectivity index is 1.08. The summed E-state index contributed by atoms with van der Waals surface area (Å²) in [4.78, 5) is 0. The Morgan fingerprint density at radius 1 is 0.255 bits per heavy atom. The highest BCUT2D eigenvalue weighted by molar-refractivity contribution is 7.25. The molecule has 1 aromatic heterocycles. The van der Waals surface area contributed by atoms with Crippen molar-refractivity contribution < 1.29 is 0 Å². The lowest BCUT2D eigenvalue weighted by Crippen LogP contribution is -1.90. The van der Waals surface area contributed by atoms with Crippen molar-refractivity contribution in [3.8, 4) is 44.5 Å². The summed E-state index contributed by atoms with van der Waals surface area (Å²) in [6, 6.07) is 67.6. The summed E-state index contributed by atoms with van der Waals surface area (Å²) in [7, 11) is 0. The average Bonchev–Trinajstić information content (AvgIpc) is 3.57. The van der Waals surface area contributed by atoms with Crippen molar-refractivity contribution in [1.29, 1.82) is 0 Å². The summed E-state index contributed by atoms with van der Waals surface area (Å²) in [5.74, 6) is 0. The average molecular weight is 663 g/mol. The van der Waals surface area contributed by atoms with Gasteiger partial charge in [-0.15, -0.1) is 11.3 Å². The Labute approximate surface area is 299 Å². The van der Waals surface area contributed by atoms with Crippen molar-refractivity contribution >= 4 is 74.6 Å². The summed E-state index contributed by atoms with van der Waals surface area (Å²) in [6.07, 6.45) is 0. The van der Waals surface area contributed by atoms with Crippen molar-refractivity contribution in [3.63, 3.8) is 0 Å². The Bertz CT molecular complexity index is 3110. The Hall–Kier alpha value is -6.28. The van der Waals surface area contributed by atoms with Gasteiger partial charge in [0.15, 0.2) is 0 Å². The van der Waals surface area contributed by atoms with Gasteiger partial charge in [0.1, 0.15) is 0 Å². The van der Waals surface area contributed by atoms with Crippen LogP contribution in [-0.2, 0) is 0 Å². The lowest BCUT2D eigenvalue weighted by molar-refractivity contribution is 1.59. The van der Waals surface area contributed by atoms with Crippen LogP contribution in [0.25, 0.3) is 108 Å². The summed E-state index contributed by atoms with van der Waals surface area (Å²) < 4.78 is 2.63. The van der Waals surface area contributed by atoms with Crippen LogP contribution in [0.2, 0.25) is 0 Å². The molecule has 0 spiro atoms. The van der Waals surface area contributed by atoms with E-state index < -0.39 is 0 Å². The molecule has 1 heterocycles. The minimum Gasteiger partial charge on any atom is -0.135 e. The fourth-order valence-corrected chi connectivity index (χ4v) is 9.37. The van der Waals surface area contributed by atoms with E-state index in [0.29, 0.717) is 0 Å². The van der Waals surface area contributed by atoms with E-state index in [-0.39, 0.29) is 0 Å². The monoisotopic (exact) mass is 662 g/mol. The van der Waals surface area contributed by atoms with E-state index in [0.717, 1.165) is 0 Å². The van der Waals surface area contributed by atoms with Gasteiger partial charge >= 0.3 is 0 Å². The van der Waals surface area contributed by atoms with E-state index in [1.807, 2.05) is 11.3 Å². The topological polar surface area (TPSA) is 0 Å². The second kappa shape index (κ2) is 11.1. The number of benzene rings is 10. The Kier molecular flexibility index (Phi) is 6.22. The maximum atomic E-state index is 2.41. The zero-order valence-corrected chi connectivity index (χ0v) is 28.5. The molecule has 11 aromatic rings. The first-order chi connectivity index (χ1) is 25.2. The fraction of sp³-hybridized carbons (Fsp3) is 0. The molecule has 11 rings (SSSR count). The second-order valence-corrected chi connectivity index (χ2v) is 14.8. The molecular weight excluding hydrogens is 633 g/mol. The molecule has 0 radical (unpaired) electrons. The van der Waals surface area contributed by atoms with E-state index in [2.05, 4.69) is 182 Å². The molecule has 236 valence electrons. The third kappa shape index (κ3) is 4.52. The molecule has 0 amide bonds. The summed E-state index contributed by atoms with van der Waals surface area (Å²) in [6.45, 7) is 0. The van der Waals surface area contributed by atoms with Gasteiger partial charge in [0, 0.05) is 20.2 Å². The van der Waals surface area contributed by atoms with Gasteiger partial charge in [-0.3, -0.25) is 0 Å². The first-order valence-electron chi connectivity index (χ1n) is 17.6. The predicted octanol–water partition coefficient (Wildman–Crippen LogP) is 14.8. The molecule has 0 aliphatic heterocycles. The van der Waals surface area contributed by atoms with E-state index in [1.54, 1.807) is 0 Å². The Morgan fingerprint density at radius 3 is 1.63 bits per heavy atom. The minimum absolute atomic E-state index is 1.22. The van der Waals surface area contributed by atoms with E-state index in [4.69, 9.17) is 0 Å². The smallest absolute Gasteiger partial charge is 0.0355 e. The van der Waals surface area contributed by atoms with Crippen LogP contribution in [0, 0.1) is 0 Å². The highest BCUT2D eigenvalue weighted by Crippen LogP contribution is 2.44. The van der Waals surface area contributed by atoms with Gasteiger partial charge < -0.3 is 0 Å². The third-order valence-electron chi connectivity index (χ3n) is 10.8. The van der Waals surface area contributed by atoms with Crippen LogP contribution in [0.3, 0.4) is 0 Å². The van der Waals surface area contributed by atoms with Crippen LogP contribution >= 0.6 is 11.3 Å². The summed E-state index contributed by atoms with van der Waals surface area (Å²) in [5, 5.41) is 13.1. The molecule has 0 N–H and O–H groups in total. The summed E-state index contributed by atoms with van der Waals surface area (Å²) >= 11 is 1.88. The van der Waals surface area contributed by atoms with Gasteiger partial charge in [0.05, 0.1) is 0 Å². The lowest BCUT2D eigenvalue weighted by atomic mass is 9.87. The molecule has 0 atom stereocenters. The van der Waals surface area contributed by atoms with Gasteiger partial charge in [-0.1, -0.05) is 146 Å². The van der Waals surface area contributed by atoms with E-state index in [1.165, 1.54) is 108 Å². The molecular formula is C50H30S. The molecule has 51 heavy (non-hydrogen) atoms. The molecule has 0 aliphatic rings. The lowest BCUT2D eigenvalue weighted by Gasteiger charge is -2.17. The Morgan fingerprint density at radius 2 is 0.804 bits per heavy atom. The van der Waals surface area contributed by atoms with Crippen molar-refractivity contribution in [2.24, 2.45) is 0 Å². The molecule has 0 aliphatic carbocycles. The van der Waals surface area contributed by atoms with Crippen LogP contribution in [0.15, 0.2) is 182 Å². The van der Waals surface area contributed by atoms with Crippen LogP contribution in [0.1, 0.15) is 0 Å². The zero-order valence-electron chi connectivity index (χ0n) is 27.7. The van der Waals surface area contributed by atoms with Crippen LogP contribution in [-0.4, -0.2) is 0 Å². The van der Waals surface area contributed by atoms with E-state index in [9.17, 15) is 0 Å². The molecule has 10 aromatic carbocycles. The normalized spacial score (nSPS) is 11.9. The third-order valence-corrected chi connectivity index (χ3v) is 12.0. The number of hydrogen-bond donors (Lipinski definition) is 0. The van der Waals surface area contributed by atoms with Gasteiger partial charge in [-0.25, -0.2) is 0 Å². The number of thiophene rings is 1. The molecule has 0 saturated carbocycles. The van der Waals surface area contributed by atoms with Crippen molar-refractivity contribution in [1.82, 2.24) is 0 Å². The zero-order chi connectivity index (χ0) is 33.5. The van der Waals surface area contributed by atoms with Crippen LogP contribution < -0.4 is 0 Å². The minimum atomic E-state index is 1.22. The summed E-state index contributed by atoms with van der Waals surface area (Å²) in [5.41, 5.74) is 9.95. The SMILES string of the molecule is c1ccc(-c2cc(-c3ccc4ccc5cccc6ccc3c4c56)ccc2-c2ccc3sc4ccc(-c5ccc6ccccc6c5)cc4c3c2)cc1. The number of rotatable bonds is 4. The fourth-order valence-electron chi connectivity index (χ4n) is 8.30. The van der Waals surface area contributed by atoms with Gasteiger partial charge in [0.25, 0.3) is 0 Å². The predicted molar refractivity (Wildman–Crippen MR) is 222 cm³/mol. The standard InChI is InChI=1S/C50H30S/c1-2-8-32(9-3-1)44-29-39(41-22-17-35-15-14-33-11-6-12-34-18-24-43(41)50(35)49(33)34)19-23-42(44)40-21-26-48-46(30-40)45-28-38(20-25-47(45)51-48)37-16-13-31-7-4-5-10-36(31)27-37/h1-30H. The van der Waals surface area contributed by atoms with Gasteiger partial charge in [0.2, 0.25) is 0 Å². The van der Waals surface area contributed by atoms with Crippen molar-refractivity contribution in [2.45, 2.75) is 0 Å². The highest BCUT2D eigenvalue weighted by atomic mass is 32.1. The van der Waals surface area contributed by atoms with Crippen LogP contribution in [0.4, 0.5) is 0 Å². The maximum Gasteiger partial charge on any atom is 0.0355 e. The van der Waals surface area contributed by atoms with Crippen molar-refractivity contribution in [3.05, 3.63) is 182 Å². The largest absolute Gasteiger partial charge is 0.135 e. The molecule has 0 nitrogen and oxygen atoms in total. The number of hydrogen-bond acceptors (Lipinski definition) is 1. The van der Waals surface area contributed by atoms with Crippen molar-refractivity contribution in [2.75, 3.05) is 0 Å².